The molecule has 0 saturated heterocycles. The molecule has 0 aliphatic heterocycles. The van der Waals surface area contributed by atoms with Gasteiger partial charge >= 0.3 is 12.1 Å². The largest absolute Gasteiger partial charge is 0.458 e. The number of carbonyl (C=O) groups is 2. The van der Waals surface area contributed by atoms with Crippen molar-refractivity contribution in [1.29, 1.82) is 5.26 Å². The molecule has 0 spiro atoms. The number of benzene rings is 1. The number of aromatic amines is 1. The van der Waals surface area contributed by atoms with Gasteiger partial charge in [-0.05, 0) is 59.2 Å². The molecule has 0 aliphatic carbocycles. The lowest BCUT2D eigenvalue weighted by molar-refractivity contribution is -0.157. The molecule has 8 nitrogen and oxygen atoms in total. The molecule has 2 rings (SSSR count). The molecule has 0 saturated carbocycles. The topological polar surface area (TPSA) is 117 Å². The number of H-pyrrole nitrogens is 1. The summed E-state index contributed by atoms with van der Waals surface area (Å²) in [6, 6.07) is 6.36. The minimum absolute atomic E-state index is 0.199. The number of amides is 1. The number of hydrogen-bond donors (Lipinski definition) is 2. The predicted octanol–water partition coefficient (Wildman–Crippen LogP) is 3.21. The van der Waals surface area contributed by atoms with Crippen LogP contribution in [0.2, 0.25) is 0 Å². The molecule has 2 aromatic rings. The molecule has 0 radical (unpaired) electrons. The number of fused-ring (bicyclic) bond motifs is 1. The molecule has 0 fully saturated rings. The highest BCUT2D eigenvalue weighted by atomic mass is 16.6. The van der Waals surface area contributed by atoms with Gasteiger partial charge in [0.05, 0.1) is 11.0 Å². The molecule has 2 N–H and O–H groups in total. The van der Waals surface area contributed by atoms with Crippen LogP contribution in [0.25, 0.3) is 11.0 Å². The zero-order chi connectivity index (χ0) is 21.1. The molecule has 1 atom stereocenters. The average Bonchev–Trinajstić information content (AvgIpc) is 2.93. The minimum atomic E-state index is -0.926. The van der Waals surface area contributed by atoms with Crippen LogP contribution in [-0.2, 0) is 20.7 Å². The molecule has 0 bridgehead atoms. The normalized spacial score (nSPS) is 12.9. The van der Waals surface area contributed by atoms with Gasteiger partial charge in [0.15, 0.2) is 0 Å². The van der Waals surface area contributed by atoms with Crippen LogP contribution >= 0.6 is 0 Å². The molecule has 1 aromatic heterocycles. The van der Waals surface area contributed by atoms with E-state index in [9.17, 15) is 9.59 Å². The van der Waals surface area contributed by atoms with Crippen molar-refractivity contribution in [2.45, 2.75) is 65.2 Å². The van der Waals surface area contributed by atoms with Gasteiger partial charge in [-0.3, -0.25) is 0 Å². The van der Waals surface area contributed by atoms with E-state index >= 15 is 0 Å². The van der Waals surface area contributed by atoms with E-state index in [-0.39, 0.29) is 12.2 Å². The summed E-state index contributed by atoms with van der Waals surface area (Å²) in [4.78, 5) is 31.8. The molecule has 1 heterocycles. The maximum absolute atomic E-state index is 12.6. The highest BCUT2D eigenvalue weighted by Gasteiger charge is 2.29. The second-order valence-corrected chi connectivity index (χ2v) is 8.49. The fourth-order valence-electron chi connectivity index (χ4n) is 2.49. The Morgan fingerprint density at radius 2 is 1.82 bits per heavy atom. The van der Waals surface area contributed by atoms with Crippen molar-refractivity contribution >= 4 is 23.1 Å². The third kappa shape index (κ3) is 6.27. The minimum Gasteiger partial charge on any atom is -0.458 e. The Balaban J connectivity index is 2.24. The number of esters is 1. The van der Waals surface area contributed by atoms with E-state index in [2.05, 4.69) is 15.3 Å². The Morgan fingerprint density at radius 3 is 2.39 bits per heavy atom. The van der Waals surface area contributed by atoms with Crippen molar-refractivity contribution in [2.75, 3.05) is 0 Å². The Bertz CT molecular complexity index is 913. The quantitative estimate of drug-likeness (QED) is 0.779. The maximum atomic E-state index is 12.6. The molecule has 0 aliphatic rings. The SMILES string of the molecule is CC(C)(C)OC(=O)N[C@@H](Cc1ccc2nc(C#N)[nH]c2c1)C(=O)OC(C)(C)C. The van der Waals surface area contributed by atoms with Gasteiger partial charge in [0, 0.05) is 6.42 Å². The third-order valence-electron chi connectivity index (χ3n) is 3.47. The third-order valence-corrected chi connectivity index (χ3v) is 3.47. The molecular weight excluding hydrogens is 360 g/mol. The lowest BCUT2D eigenvalue weighted by Crippen LogP contribution is -2.47. The Morgan fingerprint density at radius 1 is 1.18 bits per heavy atom. The van der Waals surface area contributed by atoms with Crippen LogP contribution < -0.4 is 5.32 Å². The Hall–Kier alpha value is -3.08. The summed E-state index contributed by atoms with van der Waals surface area (Å²) in [7, 11) is 0. The van der Waals surface area contributed by atoms with Crippen LogP contribution in [0.1, 0.15) is 52.9 Å². The van der Waals surface area contributed by atoms with Gasteiger partial charge in [-0.15, -0.1) is 0 Å². The van der Waals surface area contributed by atoms with Crippen molar-refractivity contribution < 1.29 is 19.1 Å². The summed E-state index contributed by atoms with van der Waals surface area (Å²) in [6.45, 7) is 10.5. The first-order chi connectivity index (χ1) is 12.9. The van der Waals surface area contributed by atoms with Crippen LogP contribution in [-0.4, -0.2) is 39.3 Å². The maximum Gasteiger partial charge on any atom is 0.408 e. The summed E-state index contributed by atoms with van der Waals surface area (Å²) in [5.74, 6) is -0.344. The van der Waals surface area contributed by atoms with Crippen molar-refractivity contribution in [1.82, 2.24) is 15.3 Å². The number of nitrogens with zero attached hydrogens (tertiary/aromatic N) is 2. The number of ether oxygens (including phenoxy) is 2. The second kappa shape index (κ2) is 7.89. The first-order valence-corrected chi connectivity index (χ1v) is 8.97. The summed E-state index contributed by atoms with van der Waals surface area (Å²) in [5, 5.41) is 11.6. The Labute approximate surface area is 164 Å². The van der Waals surface area contributed by atoms with E-state index in [4.69, 9.17) is 14.7 Å². The van der Waals surface area contributed by atoms with Gasteiger partial charge in [-0.25, -0.2) is 14.6 Å². The van der Waals surface area contributed by atoms with Gasteiger partial charge in [0.2, 0.25) is 5.82 Å². The summed E-state index contributed by atoms with van der Waals surface area (Å²) < 4.78 is 10.7. The van der Waals surface area contributed by atoms with Crippen molar-refractivity contribution in [2.24, 2.45) is 0 Å². The zero-order valence-electron chi connectivity index (χ0n) is 17.0. The zero-order valence-corrected chi connectivity index (χ0v) is 17.0. The molecule has 1 aromatic carbocycles. The van der Waals surface area contributed by atoms with E-state index in [1.54, 1.807) is 59.7 Å². The van der Waals surface area contributed by atoms with Gasteiger partial charge < -0.3 is 19.8 Å². The van der Waals surface area contributed by atoms with E-state index in [1.165, 1.54) is 0 Å². The van der Waals surface area contributed by atoms with Gasteiger partial charge in [-0.2, -0.15) is 5.26 Å². The number of carbonyl (C=O) groups excluding carboxylic acids is 2. The predicted molar refractivity (Wildman–Crippen MR) is 104 cm³/mol. The second-order valence-electron chi connectivity index (χ2n) is 8.49. The first-order valence-electron chi connectivity index (χ1n) is 8.97. The van der Waals surface area contributed by atoms with Crippen molar-refractivity contribution in [3.63, 3.8) is 0 Å². The number of aromatic nitrogens is 2. The van der Waals surface area contributed by atoms with Gasteiger partial charge in [0.25, 0.3) is 0 Å². The number of hydrogen-bond acceptors (Lipinski definition) is 6. The number of imidazole rings is 1. The lowest BCUT2D eigenvalue weighted by Gasteiger charge is -2.26. The molecule has 0 unspecified atom stereocenters. The van der Waals surface area contributed by atoms with E-state index in [1.807, 2.05) is 6.07 Å². The molecule has 8 heteroatoms. The van der Waals surface area contributed by atoms with Crippen LogP contribution in [0.15, 0.2) is 18.2 Å². The van der Waals surface area contributed by atoms with Crippen molar-refractivity contribution in [3.05, 3.63) is 29.6 Å². The van der Waals surface area contributed by atoms with Crippen LogP contribution in [0.3, 0.4) is 0 Å². The fraction of sp³-hybridized carbons (Fsp3) is 0.500. The molecule has 150 valence electrons. The molecular formula is C20H26N4O4. The van der Waals surface area contributed by atoms with E-state index in [0.717, 1.165) is 5.56 Å². The van der Waals surface area contributed by atoms with Gasteiger partial charge in [0.1, 0.15) is 23.3 Å². The highest BCUT2D eigenvalue weighted by Crippen LogP contribution is 2.17. The summed E-state index contributed by atoms with van der Waals surface area (Å²) in [6.07, 6.45) is -0.497. The van der Waals surface area contributed by atoms with Crippen LogP contribution in [0.4, 0.5) is 4.79 Å². The van der Waals surface area contributed by atoms with E-state index in [0.29, 0.717) is 11.0 Å². The highest BCUT2D eigenvalue weighted by molar-refractivity contribution is 5.82. The lowest BCUT2D eigenvalue weighted by atomic mass is 10.0. The van der Waals surface area contributed by atoms with Gasteiger partial charge in [-0.1, -0.05) is 6.07 Å². The average molecular weight is 386 g/mol. The molecule has 28 heavy (non-hydrogen) atoms. The number of nitrogens with one attached hydrogen (secondary N) is 2. The Kier molecular flexibility index (Phi) is 5.98. The van der Waals surface area contributed by atoms with Crippen LogP contribution in [0, 0.1) is 11.3 Å². The number of alkyl carbamates (subject to hydrolysis) is 1. The number of rotatable bonds is 4. The van der Waals surface area contributed by atoms with Crippen molar-refractivity contribution in [3.8, 4) is 6.07 Å². The summed E-state index contributed by atoms with van der Waals surface area (Å²) >= 11 is 0. The monoisotopic (exact) mass is 386 g/mol. The first kappa shape index (κ1) is 21.2. The summed E-state index contributed by atoms with van der Waals surface area (Å²) in [5.41, 5.74) is 0.710. The van der Waals surface area contributed by atoms with Crippen LogP contribution in [0.5, 0.6) is 0 Å². The molecule has 1 amide bonds. The number of nitriles is 1. The standard InChI is InChI=1S/C20H26N4O4/c1-19(2,3)27-17(25)15(24-18(26)28-20(4,5)6)10-12-7-8-13-14(9-12)23-16(11-21)22-13/h7-9,15H,10H2,1-6H3,(H,22,23)(H,24,26)/t15-/m0/s1. The fourth-order valence-corrected chi connectivity index (χ4v) is 2.49. The van der Waals surface area contributed by atoms with E-state index < -0.39 is 29.3 Å². The smallest absolute Gasteiger partial charge is 0.408 e.